The molecule has 29 heavy (non-hydrogen) atoms. The highest BCUT2D eigenvalue weighted by molar-refractivity contribution is 7.16. The number of benzene rings is 2. The van der Waals surface area contributed by atoms with E-state index in [1.165, 1.54) is 24.5 Å². The number of hydrogen-bond acceptors (Lipinski definition) is 6. The van der Waals surface area contributed by atoms with Crippen LogP contribution >= 0.6 is 11.3 Å². The van der Waals surface area contributed by atoms with Crippen molar-refractivity contribution in [3.63, 3.8) is 0 Å². The second-order valence-corrected chi connectivity index (χ2v) is 7.42. The van der Waals surface area contributed by atoms with E-state index in [2.05, 4.69) is 4.99 Å². The lowest BCUT2D eigenvalue weighted by molar-refractivity contribution is -0.141. The molecular weight excluding hydrogens is 392 g/mol. The molecule has 0 fully saturated rings. The minimum atomic E-state index is -0.426. The van der Waals surface area contributed by atoms with Crippen LogP contribution in [0.1, 0.15) is 11.1 Å². The molecule has 4 rings (SSSR count). The number of thiazole rings is 1. The first-order chi connectivity index (χ1) is 14.0. The Kier molecular flexibility index (Phi) is 5.18. The lowest BCUT2D eigenvalue weighted by atomic mass is 10.2. The third-order valence-electron chi connectivity index (χ3n) is 4.37. The zero-order valence-corrected chi connectivity index (χ0v) is 16.7. The third-order valence-corrected chi connectivity index (χ3v) is 5.42. The quantitative estimate of drug-likeness (QED) is 0.488. The van der Waals surface area contributed by atoms with Gasteiger partial charge in [0.25, 0.3) is 5.91 Å². The first-order valence-corrected chi connectivity index (χ1v) is 9.68. The van der Waals surface area contributed by atoms with Crippen LogP contribution in [0, 0.1) is 6.92 Å². The Labute approximate surface area is 170 Å². The molecule has 1 aliphatic heterocycles. The summed E-state index contributed by atoms with van der Waals surface area (Å²) in [5.74, 6) is 0.495. The number of esters is 1. The van der Waals surface area contributed by atoms with Gasteiger partial charge in [0.05, 0.1) is 17.3 Å². The molecule has 2 aromatic carbocycles. The molecule has 1 amide bonds. The molecule has 1 aliphatic rings. The summed E-state index contributed by atoms with van der Waals surface area (Å²) in [5.41, 5.74) is 2.72. The van der Waals surface area contributed by atoms with Crippen molar-refractivity contribution in [2.24, 2.45) is 4.99 Å². The van der Waals surface area contributed by atoms with Crippen LogP contribution in [-0.4, -0.2) is 30.3 Å². The van der Waals surface area contributed by atoms with Gasteiger partial charge in [0, 0.05) is 6.08 Å². The predicted molar refractivity (Wildman–Crippen MR) is 109 cm³/mol. The number of rotatable bonds is 4. The second-order valence-electron chi connectivity index (χ2n) is 6.41. The van der Waals surface area contributed by atoms with Crippen molar-refractivity contribution in [1.29, 1.82) is 0 Å². The topological polar surface area (TPSA) is 79.1 Å². The molecule has 0 N–H and O–H groups in total. The standard InChI is InChI=1S/C21H18N2O5S/c1-13-3-6-15-18(9-13)29-21(23(15)11-20(25)26-2)22-19(24)8-5-14-4-7-16-17(10-14)28-12-27-16/h3-10H,11-12H2,1-2H3. The van der Waals surface area contributed by atoms with Gasteiger partial charge in [0.2, 0.25) is 6.79 Å². The Bertz CT molecular complexity index is 1210. The highest BCUT2D eigenvalue weighted by Crippen LogP contribution is 2.32. The summed E-state index contributed by atoms with van der Waals surface area (Å²) in [6, 6.07) is 11.3. The summed E-state index contributed by atoms with van der Waals surface area (Å²) < 4.78 is 18.0. The Morgan fingerprint density at radius 3 is 2.86 bits per heavy atom. The van der Waals surface area contributed by atoms with Gasteiger partial charge < -0.3 is 18.8 Å². The molecule has 0 unspecified atom stereocenters. The number of aromatic nitrogens is 1. The SMILES string of the molecule is COC(=O)Cn1c(=NC(=O)C=Cc2ccc3c(c2)OCO3)sc2cc(C)ccc21. The van der Waals surface area contributed by atoms with Crippen molar-refractivity contribution < 1.29 is 23.8 Å². The maximum atomic E-state index is 12.4. The number of methoxy groups -OCH3 is 1. The number of ether oxygens (including phenoxy) is 3. The molecule has 0 saturated carbocycles. The molecule has 1 aromatic heterocycles. The van der Waals surface area contributed by atoms with Gasteiger partial charge in [0.1, 0.15) is 6.54 Å². The molecule has 148 valence electrons. The minimum absolute atomic E-state index is 0.0163. The largest absolute Gasteiger partial charge is 0.468 e. The van der Waals surface area contributed by atoms with E-state index in [0.29, 0.717) is 16.3 Å². The predicted octanol–water partition coefficient (Wildman–Crippen LogP) is 3.05. The monoisotopic (exact) mass is 410 g/mol. The molecule has 3 aromatic rings. The van der Waals surface area contributed by atoms with Crippen LogP contribution in [0.5, 0.6) is 11.5 Å². The molecule has 2 heterocycles. The van der Waals surface area contributed by atoms with Crippen molar-refractivity contribution in [2.45, 2.75) is 13.5 Å². The van der Waals surface area contributed by atoms with Crippen LogP contribution in [0.3, 0.4) is 0 Å². The molecule has 8 heteroatoms. The fourth-order valence-corrected chi connectivity index (χ4v) is 4.06. The van der Waals surface area contributed by atoms with E-state index < -0.39 is 11.9 Å². The van der Waals surface area contributed by atoms with E-state index in [1.807, 2.05) is 31.2 Å². The Morgan fingerprint density at radius 2 is 2.03 bits per heavy atom. The van der Waals surface area contributed by atoms with Crippen LogP contribution in [-0.2, 0) is 20.9 Å². The van der Waals surface area contributed by atoms with Crippen molar-refractivity contribution in [3.8, 4) is 11.5 Å². The first-order valence-electron chi connectivity index (χ1n) is 8.87. The Balaban J connectivity index is 1.66. The van der Waals surface area contributed by atoms with Crippen molar-refractivity contribution in [2.75, 3.05) is 13.9 Å². The van der Waals surface area contributed by atoms with Crippen molar-refractivity contribution in [3.05, 3.63) is 58.4 Å². The van der Waals surface area contributed by atoms with Crippen LogP contribution in [0.15, 0.2) is 47.5 Å². The van der Waals surface area contributed by atoms with Gasteiger partial charge in [-0.3, -0.25) is 9.59 Å². The fourth-order valence-electron chi connectivity index (χ4n) is 2.93. The smallest absolute Gasteiger partial charge is 0.325 e. The number of fused-ring (bicyclic) bond motifs is 2. The normalized spacial score (nSPS) is 13.4. The van der Waals surface area contributed by atoms with Gasteiger partial charge in [-0.1, -0.05) is 23.5 Å². The average Bonchev–Trinajstić information content (AvgIpc) is 3.30. The number of carbonyl (C=O) groups excluding carboxylic acids is 2. The molecular formula is C21H18N2O5S. The summed E-state index contributed by atoms with van der Waals surface area (Å²) in [4.78, 5) is 28.9. The van der Waals surface area contributed by atoms with Gasteiger partial charge in [-0.05, 0) is 48.4 Å². The summed E-state index contributed by atoms with van der Waals surface area (Å²) in [5, 5.41) is 0. The van der Waals surface area contributed by atoms with Crippen LogP contribution in [0.2, 0.25) is 0 Å². The van der Waals surface area contributed by atoms with E-state index in [-0.39, 0.29) is 13.3 Å². The van der Waals surface area contributed by atoms with E-state index in [1.54, 1.807) is 22.8 Å². The molecule has 0 atom stereocenters. The maximum absolute atomic E-state index is 12.4. The second kappa shape index (κ2) is 7.92. The first kappa shape index (κ1) is 18.9. The van der Waals surface area contributed by atoms with Crippen LogP contribution < -0.4 is 14.3 Å². The molecule has 0 bridgehead atoms. The number of nitrogens with zero attached hydrogens (tertiary/aromatic N) is 2. The molecule has 7 nitrogen and oxygen atoms in total. The van der Waals surface area contributed by atoms with Crippen molar-refractivity contribution in [1.82, 2.24) is 4.57 Å². The zero-order valence-electron chi connectivity index (χ0n) is 15.9. The van der Waals surface area contributed by atoms with Gasteiger partial charge >= 0.3 is 5.97 Å². The molecule has 0 spiro atoms. The number of hydrogen-bond donors (Lipinski definition) is 0. The van der Waals surface area contributed by atoms with E-state index in [4.69, 9.17) is 14.2 Å². The van der Waals surface area contributed by atoms with Gasteiger partial charge in [-0.25, -0.2) is 0 Å². The third kappa shape index (κ3) is 4.07. The lowest BCUT2D eigenvalue weighted by Gasteiger charge is -2.03. The summed E-state index contributed by atoms with van der Waals surface area (Å²) in [6.07, 6.45) is 3.05. The van der Waals surface area contributed by atoms with Gasteiger partial charge in [-0.2, -0.15) is 4.99 Å². The average molecular weight is 410 g/mol. The fraction of sp³-hybridized carbons (Fsp3) is 0.190. The van der Waals surface area contributed by atoms with Crippen molar-refractivity contribution >= 4 is 39.5 Å². The molecule has 0 saturated heterocycles. The van der Waals surface area contributed by atoms with Crippen LogP contribution in [0.4, 0.5) is 0 Å². The molecule has 0 aliphatic carbocycles. The summed E-state index contributed by atoms with van der Waals surface area (Å²) >= 11 is 1.35. The highest BCUT2D eigenvalue weighted by Gasteiger charge is 2.13. The Hall–Kier alpha value is -3.39. The summed E-state index contributed by atoms with van der Waals surface area (Å²) in [7, 11) is 1.33. The Morgan fingerprint density at radius 1 is 1.21 bits per heavy atom. The zero-order chi connectivity index (χ0) is 20.4. The van der Waals surface area contributed by atoms with Crippen LogP contribution in [0.25, 0.3) is 16.3 Å². The van der Waals surface area contributed by atoms with E-state index >= 15 is 0 Å². The summed E-state index contributed by atoms with van der Waals surface area (Å²) in [6.45, 7) is 2.17. The molecule has 0 radical (unpaired) electrons. The number of amides is 1. The maximum Gasteiger partial charge on any atom is 0.325 e. The number of carbonyl (C=O) groups is 2. The van der Waals surface area contributed by atoms with E-state index in [9.17, 15) is 9.59 Å². The minimum Gasteiger partial charge on any atom is -0.468 e. The lowest BCUT2D eigenvalue weighted by Crippen LogP contribution is -2.22. The highest BCUT2D eigenvalue weighted by atomic mass is 32.1. The van der Waals surface area contributed by atoms with Gasteiger partial charge in [0.15, 0.2) is 16.3 Å². The van der Waals surface area contributed by atoms with E-state index in [0.717, 1.165) is 21.3 Å². The number of aryl methyl sites for hydroxylation is 1. The van der Waals surface area contributed by atoms with Gasteiger partial charge in [-0.15, -0.1) is 0 Å².